The first-order chi connectivity index (χ1) is 13.5. The number of benzene rings is 1. The number of carbonyl (C=O) groups is 2. The standard InChI is InChI=1S/C19H18FN5O3/c20-14-8-6-12(7-9-14)17(26)22-19-21-15-4-1-5-16(25(15)23-19)24-10-2-3-13(11-24)18(27)28/h1,4-9,13H,2-3,10-11H2,(H,27,28)(H,22,23,26). The average Bonchev–Trinajstić information content (AvgIpc) is 3.10. The molecule has 28 heavy (non-hydrogen) atoms. The molecular weight excluding hydrogens is 365 g/mol. The Hall–Kier alpha value is -3.49. The minimum Gasteiger partial charge on any atom is -0.481 e. The van der Waals surface area contributed by atoms with Crippen molar-refractivity contribution in [2.45, 2.75) is 12.8 Å². The van der Waals surface area contributed by atoms with Crippen LogP contribution in [0.2, 0.25) is 0 Å². The lowest BCUT2D eigenvalue weighted by Gasteiger charge is -2.32. The number of nitrogens with one attached hydrogen (secondary N) is 1. The molecule has 4 rings (SSSR count). The predicted molar refractivity (Wildman–Crippen MR) is 99.9 cm³/mol. The van der Waals surface area contributed by atoms with Gasteiger partial charge in [-0.15, -0.1) is 5.10 Å². The molecule has 1 fully saturated rings. The molecule has 0 bridgehead atoms. The Labute approximate surface area is 159 Å². The highest BCUT2D eigenvalue weighted by Crippen LogP contribution is 2.24. The van der Waals surface area contributed by atoms with Crippen LogP contribution in [-0.2, 0) is 4.79 Å². The highest BCUT2D eigenvalue weighted by Gasteiger charge is 2.27. The van der Waals surface area contributed by atoms with E-state index in [1.165, 1.54) is 24.3 Å². The van der Waals surface area contributed by atoms with Gasteiger partial charge in [0.2, 0.25) is 5.95 Å². The molecule has 8 nitrogen and oxygen atoms in total. The van der Waals surface area contributed by atoms with E-state index in [0.717, 1.165) is 18.8 Å². The molecule has 2 aromatic heterocycles. The SMILES string of the molecule is O=C(Nc1nc2cccc(N3CCCC(C(=O)O)C3)n2n1)c1ccc(F)cc1. The number of carboxylic acids is 1. The topological polar surface area (TPSA) is 99.8 Å². The van der Waals surface area contributed by atoms with E-state index in [-0.39, 0.29) is 5.95 Å². The van der Waals surface area contributed by atoms with Crippen molar-refractivity contribution in [2.75, 3.05) is 23.3 Å². The highest BCUT2D eigenvalue weighted by atomic mass is 19.1. The number of aliphatic carboxylic acids is 1. The van der Waals surface area contributed by atoms with Gasteiger partial charge in [-0.1, -0.05) is 6.07 Å². The van der Waals surface area contributed by atoms with E-state index in [9.17, 15) is 19.1 Å². The van der Waals surface area contributed by atoms with Crippen LogP contribution in [0.25, 0.3) is 5.65 Å². The molecule has 1 amide bonds. The smallest absolute Gasteiger partial charge is 0.308 e. The molecule has 0 spiro atoms. The number of rotatable bonds is 4. The number of pyridine rings is 1. The van der Waals surface area contributed by atoms with Crippen LogP contribution in [0.3, 0.4) is 0 Å². The molecule has 0 saturated carbocycles. The minimum absolute atomic E-state index is 0.119. The van der Waals surface area contributed by atoms with Crippen LogP contribution in [0.4, 0.5) is 16.2 Å². The van der Waals surface area contributed by atoms with Gasteiger partial charge in [0.25, 0.3) is 5.91 Å². The first-order valence-electron chi connectivity index (χ1n) is 8.92. The number of carbonyl (C=O) groups excluding carboxylic acids is 1. The first kappa shape index (κ1) is 17.9. The van der Waals surface area contributed by atoms with Gasteiger partial charge >= 0.3 is 5.97 Å². The van der Waals surface area contributed by atoms with E-state index in [4.69, 9.17) is 0 Å². The number of aromatic nitrogens is 3. The minimum atomic E-state index is -0.803. The van der Waals surface area contributed by atoms with E-state index in [1.54, 1.807) is 10.6 Å². The second kappa shape index (κ2) is 7.26. The van der Waals surface area contributed by atoms with Gasteiger partial charge < -0.3 is 10.0 Å². The third-order valence-electron chi connectivity index (χ3n) is 4.77. The van der Waals surface area contributed by atoms with Crippen molar-refractivity contribution in [1.29, 1.82) is 0 Å². The average molecular weight is 383 g/mol. The maximum absolute atomic E-state index is 13.0. The Morgan fingerprint density at radius 1 is 1.18 bits per heavy atom. The van der Waals surface area contributed by atoms with Crippen molar-refractivity contribution >= 4 is 29.3 Å². The number of hydrogen-bond acceptors (Lipinski definition) is 5. The van der Waals surface area contributed by atoms with Crippen molar-refractivity contribution in [3.8, 4) is 0 Å². The Morgan fingerprint density at radius 3 is 2.71 bits per heavy atom. The van der Waals surface area contributed by atoms with Gasteiger partial charge in [0.15, 0.2) is 5.65 Å². The van der Waals surface area contributed by atoms with Crippen LogP contribution in [0.5, 0.6) is 0 Å². The number of nitrogens with zero attached hydrogens (tertiary/aromatic N) is 4. The van der Waals surface area contributed by atoms with Crippen LogP contribution in [0.1, 0.15) is 23.2 Å². The number of fused-ring (bicyclic) bond motifs is 1. The maximum atomic E-state index is 13.0. The van der Waals surface area contributed by atoms with Gasteiger partial charge in [0.1, 0.15) is 11.6 Å². The zero-order chi connectivity index (χ0) is 19.7. The van der Waals surface area contributed by atoms with Gasteiger partial charge in [-0.2, -0.15) is 9.50 Å². The van der Waals surface area contributed by atoms with Gasteiger partial charge in [-0.3, -0.25) is 14.9 Å². The van der Waals surface area contributed by atoms with Crippen LogP contribution < -0.4 is 10.2 Å². The number of halogens is 1. The first-order valence-corrected chi connectivity index (χ1v) is 8.92. The van der Waals surface area contributed by atoms with E-state index in [2.05, 4.69) is 15.4 Å². The summed E-state index contributed by atoms with van der Waals surface area (Å²) in [5, 5.41) is 16.3. The number of amides is 1. The summed E-state index contributed by atoms with van der Waals surface area (Å²) in [5.41, 5.74) is 0.824. The number of carboxylic acid groups (broad SMARTS) is 1. The Morgan fingerprint density at radius 2 is 1.96 bits per heavy atom. The molecule has 3 heterocycles. The Kier molecular flexibility index (Phi) is 4.64. The van der Waals surface area contributed by atoms with Crippen LogP contribution in [-0.4, -0.2) is 44.7 Å². The molecule has 1 unspecified atom stereocenters. The Bertz CT molecular complexity index is 1030. The van der Waals surface area contributed by atoms with Crippen molar-refractivity contribution in [3.63, 3.8) is 0 Å². The quantitative estimate of drug-likeness (QED) is 0.718. The van der Waals surface area contributed by atoms with E-state index < -0.39 is 23.6 Å². The second-order valence-electron chi connectivity index (χ2n) is 6.67. The summed E-state index contributed by atoms with van der Waals surface area (Å²) in [6, 6.07) is 10.6. The molecule has 2 N–H and O–H groups in total. The van der Waals surface area contributed by atoms with E-state index >= 15 is 0 Å². The number of anilines is 2. The largest absolute Gasteiger partial charge is 0.481 e. The molecule has 0 radical (unpaired) electrons. The molecule has 1 aromatic carbocycles. The lowest BCUT2D eigenvalue weighted by atomic mass is 9.98. The summed E-state index contributed by atoms with van der Waals surface area (Å²) in [4.78, 5) is 29.9. The van der Waals surface area contributed by atoms with Crippen LogP contribution in [0.15, 0.2) is 42.5 Å². The predicted octanol–water partition coefficient (Wildman–Crippen LogP) is 2.42. The number of hydrogen-bond donors (Lipinski definition) is 2. The molecule has 0 aliphatic carbocycles. The van der Waals surface area contributed by atoms with Crippen molar-refractivity contribution in [3.05, 3.63) is 53.8 Å². The molecule has 3 aromatic rings. The highest BCUT2D eigenvalue weighted by molar-refractivity contribution is 6.03. The van der Waals surface area contributed by atoms with Crippen molar-refractivity contribution in [2.24, 2.45) is 5.92 Å². The van der Waals surface area contributed by atoms with Crippen molar-refractivity contribution < 1.29 is 19.1 Å². The van der Waals surface area contributed by atoms with Gasteiger partial charge in [-0.25, -0.2) is 4.39 Å². The summed E-state index contributed by atoms with van der Waals surface area (Å²) >= 11 is 0. The normalized spacial score (nSPS) is 16.9. The zero-order valence-corrected chi connectivity index (χ0v) is 14.9. The third-order valence-corrected chi connectivity index (χ3v) is 4.77. The molecule has 1 aliphatic heterocycles. The zero-order valence-electron chi connectivity index (χ0n) is 14.9. The summed E-state index contributed by atoms with van der Waals surface area (Å²) in [7, 11) is 0. The van der Waals surface area contributed by atoms with Crippen LogP contribution >= 0.6 is 0 Å². The molecule has 1 atom stereocenters. The van der Waals surface area contributed by atoms with Gasteiger partial charge in [-0.05, 0) is 49.2 Å². The molecule has 144 valence electrons. The fraction of sp³-hybridized carbons (Fsp3) is 0.263. The summed E-state index contributed by atoms with van der Waals surface area (Å²) in [5.74, 6) is -1.26. The lowest BCUT2D eigenvalue weighted by Crippen LogP contribution is -2.39. The lowest BCUT2D eigenvalue weighted by molar-refractivity contribution is -0.141. The molecule has 1 aliphatic rings. The van der Waals surface area contributed by atoms with E-state index in [1.807, 2.05) is 17.0 Å². The van der Waals surface area contributed by atoms with Crippen molar-refractivity contribution in [1.82, 2.24) is 14.6 Å². The maximum Gasteiger partial charge on any atom is 0.308 e. The molecule has 9 heteroatoms. The molecular formula is C19H18FN5O3. The monoisotopic (exact) mass is 383 g/mol. The molecule has 1 saturated heterocycles. The fourth-order valence-electron chi connectivity index (χ4n) is 3.35. The summed E-state index contributed by atoms with van der Waals surface area (Å²) in [6.45, 7) is 1.12. The van der Waals surface area contributed by atoms with Crippen LogP contribution in [0, 0.1) is 11.7 Å². The number of piperidine rings is 1. The second-order valence-corrected chi connectivity index (χ2v) is 6.67. The summed E-state index contributed by atoms with van der Waals surface area (Å²) < 4.78 is 14.6. The summed E-state index contributed by atoms with van der Waals surface area (Å²) in [6.07, 6.45) is 1.42. The van der Waals surface area contributed by atoms with Gasteiger partial charge in [0.05, 0.1) is 5.92 Å². The fourth-order valence-corrected chi connectivity index (χ4v) is 3.35. The third kappa shape index (κ3) is 3.51. The Balaban J connectivity index is 1.59. The van der Waals surface area contributed by atoms with E-state index in [0.29, 0.717) is 24.2 Å². The van der Waals surface area contributed by atoms with Gasteiger partial charge in [0, 0.05) is 18.7 Å².